The first-order chi connectivity index (χ1) is 6.04. The Bertz CT molecular complexity index is 176. The molecule has 1 aliphatic carbocycles. The second-order valence-electron chi connectivity index (χ2n) is 5.55. The maximum atomic E-state index is 2.52. The highest BCUT2D eigenvalue weighted by molar-refractivity contribution is 6.77. The lowest BCUT2D eigenvalue weighted by molar-refractivity contribution is 0.556. The third-order valence-corrected chi connectivity index (χ3v) is 6.44. The molecule has 2 unspecified atom stereocenters. The fraction of sp³-hybridized carbons (Fsp3) is 0.833. The molecule has 1 aliphatic rings. The lowest BCUT2D eigenvalue weighted by atomic mass is 10.0. The van der Waals surface area contributed by atoms with E-state index in [2.05, 4.69) is 38.7 Å². The van der Waals surface area contributed by atoms with Gasteiger partial charge < -0.3 is 0 Å². The molecule has 0 radical (unpaired) electrons. The quantitative estimate of drug-likeness (QED) is 0.462. The van der Waals surface area contributed by atoms with Crippen molar-refractivity contribution in [3.63, 3.8) is 0 Å². The minimum absolute atomic E-state index is 0.829. The largest absolute Gasteiger partial charge is 0.0917 e. The van der Waals surface area contributed by atoms with E-state index in [1.165, 1.54) is 25.7 Å². The van der Waals surface area contributed by atoms with Crippen LogP contribution in [0.15, 0.2) is 12.2 Å². The molecule has 13 heavy (non-hydrogen) atoms. The van der Waals surface area contributed by atoms with Crippen molar-refractivity contribution in [3.05, 3.63) is 12.2 Å². The Balaban J connectivity index is 2.36. The Morgan fingerprint density at radius 2 is 1.92 bits per heavy atom. The summed E-state index contributed by atoms with van der Waals surface area (Å²) in [6, 6.07) is 0. The molecule has 0 bridgehead atoms. The molecule has 0 amide bonds. The zero-order chi connectivity index (χ0) is 9.90. The Morgan fingerprint density at radius 3 is 2.38 bits per heavy atom. The third-order valence-electron chi connectivity index (χ3n) is 3.47. The van der Waals surface area contributed by atoms with Gasteiger partial charge in [0, 0.05) is 8.07 Å². The predicted octanol–water partition coefficient (Wildman–Crippen LogP) is 4.46. The molecule has 0 heterocycles. The smallest absolute Gasteiger partial charge is 0.0473 e. The second-order valence-corrected chi connectivity index (χ2v) is 11.1. The van der Waals surface area contributed by atoms with Gasteiger partial charge in [0.1, 0.15) is 0 Å². The van der Waals surface area contributed by atoms with Crippen molar-refractivity contribution in [2.45, 2.75) is 57.8 Å². The van der Waals surface area contributed by atoms with Crippen molar-refractivity contribution in [1.29, 1.82) is 0 Å². The summed E-state index contributed by atoms with van der Waals surface area (Å²) in [6.45, 7) is 9.70. The Labute approximate surface area is 84.4 Å². The molecular weight excluding hydrogens is 172 g/mol. The summed E-state index contributed by atoms with van der Waals surface area (Å²) < 4.78 is 0. The maximum Gasteiger partial charge on any atom is 0.0473 e. The van der Waals surface area contributed by atoms with Gasteiger partial charge in [0.05, 0.1) is 0 Å². The summed E-state index contributed by atoms with van der Waals surface area (Å²) in [5.41, 5.74) is 1.10. The highest BCUT2D eigenvalue weighted by Gasteiger charge is 2.33. The fourth-order valence-electron chi connectivity index (χ4n) is 2.40. The first kappa shape index (κ1) is 11.0. The normalized spacial score (nSPS) is 30.2. The number of rotatable bonds is 3. The van der Waals surface area contributed by atoms with Crippen LogP contribution in [0.2, 0.25) is 25.2 Å². The second kappa shape index (κ2) is 4.45. The molecule has 1 fully saturated rings. The SMILES string of the molecule is CC=CCC1CCC([Si](C)(C)C)C1. The summed E-state index contributed by atoms with van der Waals surface area (Å²) in [7, 11) is -0.829. The number of hydrogen-bond donors (Lipinski definition) is 0. The average Bonchev–Trinajstić information content (AvgIpc) is 2.47. The van der Waals surface area contributed by atoms with Gasteiger partial charge in [0.15, 0.2) is 0 Å². The summed E-state index contributed by atoms with van der Waals surface area (Å²) in [6.07, 6.45) is 10.4. The van der Waals surface area contributed by atoms with E-state index in [1.807, 2.05) is 0 Å². The summed E-state index contributed by atoms with van der Waals surface area (Å²) in [4.78, 5) is 0. The summed E-state index contributed by atoms with van der Waals surface area (Å²) in [5, 5.41) is 0. The van der Waals surface area contributed by atoms with E-state index < -0.39 is 8.07 Å². The van der Waals surface area contributed by atoms with Gasteiger partial charge in [-0.15, -0.1) is 0 Å². The monoisotopic (exact) mass is 196 g/mol. The molecule has 1 rings (SSSR count). The summed E-state index contributed by atoms with van der Waals surface area (Å²) in [5.74, 6) is 1.01. The zero-order valence-electron chi connectivity index (χ0n) is 9.64. The first-order valence-corrected chi connectivity index (χ1v) is 9.23. The predicted molar refractivity (Wildman–Crippen MR) is 63.9 cm³/mol. The average molecular weight is 196 g/mol. The van der Waals surface area contributed by atoms with Gasteiger partial charge in [-0.2, -0.15) is 0 Å². The van der Waals surface area contributed by atoms with Gasteiger partial charge in [-0.05, 0) is 31.2 Å². The maximum absolute atomic E-state index is 2.52. The lowest BCUT2D eigenvalue weighted by Gasteiger charge is -2.24. The van der Waals surface area contributed by atoms with Crippen LogP contribution < -0.4 is 0 Å². The van der Waals surface area contributed by atoms with E-state index in [0.717, 1.165) is 11.5 Å². The van der Waals surface area contributed by atoms with Gasteiger partial charge in [0.25, 0.3) is 0 Å². The van der Waals surface area contributed by atoms with E-state index in [1.54, 1.807) is 0 Å². The highest BCUT2D eigenvalue weighted by atomic mass is 28.3. The third kappa shape index (κ3) is 3.30. The molecule has 1 heteroatoms. The van der Waals surface area contributed by atoms with Crippen LogP contribution in [0.5, 0.6) is 0 Å². The van der Waals surface area contributed by atoms with E-state index in [0.29, 0.717) is 0 Å². The van der Waals surface area contributed by atoms with Crippen LogP contribution in [0.1, 0.15) is 32.6 Å². The van der Waals surface area contributed by atoms with Crippen LogP contribution in [0.25, 0.3) is 0 Å². The van der Waals surface area contributed by atoms with E-state index in [9.17, 15) is 0 Å². The molecular formula is C12H24Si. The van der Waals surface area contributed by atoms with Gasteiger partial charge in [-0.25, -0.2) is 0 Å². The van der Waals surface area contributed by atoms with Gasteiger partial charge in [0.2, 0.25) is 0 Å². The fourth-order valence-corrected chi connectivity index (χ4v) is 4.48. The van der Waals surface area contributed by atoms with E-state index in [4.69, 9.17) is 0 Å². The van der Waals surface area contributed by atoms with E-state index in [-0.39, 0.29) is 0 Å². The van der Waals surface area contributed by atoms with Crippen molar-refractivity contribution < 1.29 is 0 Å². The first-order valence-electron chi connectivity index (χ1n) is 5.65. The van der Waals surface area contributed by atoms with Gasteiger partial charge >= 0.3 is 0 Å². The van der Waals surface area contributed by atoms with Gasteiger partial charge in [-0.3, -0.25) is 0 Å². The summed E-state index contributed by atoms with van der Waals surface area (Å²) >= 11 is 0. The Morgan fingerprint density at radius 1 is 1.23 bits per heavy atom. The van der Waals surface area contributed by atoms with Crippen LogP contribution >= 0.6 is 0 Å². The molecule has 0 aliphatic heterocycles. The molecule has 76 valence electrons. The van der Waals surface area contributed by atoms with Crippen LogP contribution in [0.3, 0.4) is 0 Å². The van der Waals surface area contributed by atoms with Gasteiger partial charge in [-0.1, -0.05) is 44.6 Å². The van der Waals surface area contributed by atoms with Crippen LogP contribution in [-0.2, 0) is 0 Å². The molecule has 0 saturated heterocycles. The zero-order valence-corrected chi connectivity index (χ0v) is 10.6. The molecule has 0 aromatic heterocycles. The molecule has 0 N–H and O–H groups in total. The van der Waals surface area contributed by atoms with Crippen LogP contribution in [-0.4, -0.2) is 8.07 Å². The molecule has 2 atom stereocenters. The van der Waals surface area contributed by atoms with Crippen molar-refractivity contribution in [2.24, 2.45) is 5.92 Å². The topological polar surface area (TPSA) is 0 Å². The van der Waals surface area contributed by atoms with Crippen molar-refractivity contribution in [1.82, 2.24) is 0 Å². The Kier molecular flexibility index (Phi) is 3.78. The van der Waals surface area contributed by atoms with Crippen LogP contribution in [0.4, 0.5) is 0 Å². The molecule has 0 aromatic carbocycles. The molecule has 0 aromatic rings. The minimum Gasteiger partial charge on any atom is -0.0917 e. The standard InChI is InChI=1S/C12H24Si/c1-5-6-7-11-8-9-12(10-11)13(2,3)4/h5-6,11-12H,7-10H2,1-4H3. The molecule has 0 spiro atoms. The number of allylic oxidation sites excluding steroid dienone is 2. The number of hydrogen-bond acceptors (Lipinski definition) is 0. The molecule has 0 nitrogen and oxygen atoms in total. The Hall–Kier alpha value is -0.0431. The minimum atomic E-state index is -0.829. The van der Waals surface area contributed by atoms with Crippen LogP contribution in [0, 0.1) is 5.92 Å². The lowest BCUT2D eigenvalue weighted by Crippen LogP contribution is -2.26. The van der Waals surface area contributed by atoms with Crippen molar-refractivity contribution in [2.75, 3.05) is 0 Å². The van der Waals surface area contributed by atoms with Crippen molar-refractivity contribution >= 4 is 8.07 Å². The van der Waals surface area contributed by atoms with Crippen molar-refractivity contribution in [3.8, 4) is 0 Å². The van der Waals surface area contributed by atoms with E-state index >= 15 is 0 Å². The molecule has 1 saturated carbocycles. The highest BCUT2D eigenvalue weighted by Crippen LogP contribution is 2.43.